The molecule has 0 aliphatic carbocycles. The molecule has 0 saturated heterocycles. The van der Waals surface area contributed by atoms with Crippen molar-refractivity contribution in [2.75, 3.05) is 13.1 Å². The smallest absolute Gasteiger partial charge is 0.273 e. The predicted molar refractivity (Wildman–Crippen MR) is 111 cm³/mol. The second-order valence-electron chi connectivity index (χ2n) is 7.26. The van der Waals surface area contributed by atoms with E-state index in [0.29, 0.717) is 17.2 Å². The Kier molecular flexibility index (Phi) is 6.04. The number of hydrogen-bond donors (Lipinski definition) is 2. The van der Waals surface area contributed by atoms with E-state index in [9.17, 15) is 4.79 Å². The van der Waals surface area contributed by atoms with E-state index in [0.717, 1.165) is 36.6 Å². The number of carbonyl (C=O) groups excluding carboxylic acids is 1. The number of carbonyl (C=O) groups is 1. The zero-order valence-corrected chi connectivity index (χ0v) is 17.2. The van der Waals surface area contributed by atoms with E-state index < -0.39 is 0 Å². The largest absolute Gasteiger partial charge is 0.359 e. The van der Waals surface area contributed by atoms with Crippen LogP contribution in [0, 0.1) is 6.92 Å². The topological polar surface area (TPSA) is 86.3 Å². The third-order valence-corrected chi connectivity index (χ3v) is 5.16. The minimum atomic E-state index is -0.209. The predicted octanol–water partition coefficient (Wildman–Crippen LogP) is 3.00. The van der Waals surface area contributed by atoms with Crippen molar-refractivity contribution in [1.82, 2.24) is 25.5 Å². The Balaban J connectivity index is 2.05. The minimum absolute atomic E-state index is 0.209. The standard InChI is InChI=1S/C21H28N6O/c1-6-27(7-2)12-17-14(5)24-18(19(17)13(3)4)10-16-20(25-26-21(16)28)15-8-9-22-23-11-15/h8-11,13,24H,6-7,12H2,1-5H3,(H,26,28). The minimum Gasteiger partial charge on any atom is -0.359 e. The average Bonchev–Trinajstić information content (AvgIpc) is 3.20. The second kappa shape index (κ2) is 8.48. The van der Waals surface area contributed by atoms with Gasteiger partial charge in [-0.3, -0.25) is 9.69 Å². The normalized spacial score (nSPS) is 15.6. The quantitative estimate of drug-likeness (QED) is 0.723. The number of rotatable bonds is 7. The van der Waals surface area contributed by atoms with Crippen molar-refractivity contribution in [3.8, 4) is 0 Å². The molecule has 28 heavy (non-hydrogen) atoms. The highest BCUT2D eigenvalue weighted by atomic mass is 16.2. The van der Waals surface area contributed by atoms with Gasteiger partial charge in [0.05, 0.1) is 18.0 Å². The molecule has 3 rings (SSSR count). The summed E-state index contributed by atoms with van der Waals surface area (Å²) < 4.78 is 0. The van der Waals surface area contributed by atoms with Crippen LogP contribution in [0.2, 0.25) is 0 Å². The fraction of sp³-hybridized carbons (Fsp3) is 0.429. The van der Waals surface area contributed by atoms with Crippen molar-refractivity contribution in [3.63, 3.8) is 0 Å². The molecule has 2 N–H and O–H groups in total. The highest BCUT2D eigenvalue weighted by Crippen LogP contribution is 2.30. The Morgan fingerprint density at radius 1 is 1.21 bits per heavy atom. The maximum atomic E-state index is 12.5. The Morgan fingerprint density at radius 2 is 1.96 bits per heavy atom. The lowest BCUT2D eigenvalue weighted by atomic mass is 9.95. The van der Waals surface area contributed by atoms with Crippen molar-refractivity contribution in [2.45, 2.75) is 47.1 Å². The molecular weight excluding hydrogens is 352 g/mol. The third-order valence-electron chi connectivity index (χ3n) is 5.16. The van der Waals surface area contributed by atoms with Gasteiger partial charge in [-0.05, 0) is 49.2 Å². The van der Waals surface area contributed by atoms with Gasteiger partial charge in [0, 0.05) is 23.5 Å². The lowest BCUT2D eigenvalue weighted by Crippen LogP contribution is -2.23. The van der Waals surface area contributed by atoms with Crippen molar-refractivity contribution < 1.29 is 4.79 Å². The fourth-order valence-electron chi connectivity index (χ4n) is 3.62. The van der Waals surface area contributed by atoms with E-state index in [1.54, 1.807) is 18.5 Å². The number of aryl methyl sites for hydroxylation is 1. The molecule has 1 aliphatic rings. The van der Waals surface area contributed by atoms with Crippen LogP contribution >= 0.6 is 0 Å². The third kappa shape index (κ3) is 3.89. The van der Waals surface area contributed by atoms with Crippen LogP contribution in [0.5, 0.6) is 0 Å². The molecule has 0 atom stereocenters. The summed E-state index contributed by atoms with van der Waals surface area (Å²) in [6.07, 6.45) is 5.12. The first-order valence-electron chi connectivity index (χ1n) is 9.77. The summed E-state index contributed by atoms with van der Waals surface area (Å²) in [6.45, 7) is 13.7. The summed E-state index contributed by atoms with van der Waals surface area (Å²) in [4.78, 5) is 18.4. The van der Waals surface area contributed by atoms with E-state index in [4.69, 9.17) is 0 Å². The summed E-state index contributed by atoms with van der Waals surface area (Å²) in [5.41, 5.74) is 9.13. The lowest BCUT2D eigenvalue weighted by Gasteiger charge is -2.20. The van der Waals surface area contributed by atoms with Gasteiger partial charge in [0.1, 0.15) is 5.71 Å². The van der Waals surface area contributed by atoms with Gasteiger partial charge in [-0.2, -0.15) is 15.3 Å². The number of hydrogen-bond acceptors (Lipinski definition) is 5. The SMILES string of the molecule is CCN(CC)Cc1c(C)[nH]c(C=C2C(=O)NN=C2c2ccnnc2)c1C(C)C. The van der Waals surface area contributed by atoms with Gasteiger partial charge in [0.25, 0.3) is 5.91 Å². The highest BCUT2D eigenvalue weighted by molar-refractivity contribution is 6.33. The van der Waals surface area contributed by atoms with E-state index in [-0.39, 0.29) is 5.91 Å². The van der Waals surface area contributed by atoms with Gasteiger partial charge in [-0.25, -0.2) is 5.43 Å². The molecule has 0 bridgehead atoms. The zero-order valence-electron chi connectivity index (χ0n) is 17.2. The van der Waals surface area contributed by atoms with Crippen LogP contribution in [0.3, 0.4) is 0 Å². The van der Waals surface area contributed by atoms with Gasteiger partial charge in [-0.15, -0.1) is 0 Å². The van der Waals surface area contributed by atoms with E-state index in [2.05, 4.69) is 65.2 Å². The summed E-state index contributed by atoms with van der Waals surface area (Å²) in [6, 6.07) is 1.80. The van der Waals surface area contributed by atoms with Crippen LogP contribution in [0.15, 0.2) is 29.1 Å². The Labute approximate surface area is 165 Å². The van der Waals surface area contributed by atoms with Crippen LogP contribution < -0.4 is 5.43 Å². The molecule has 0 radical (unpaired) electrons. The van der Waals surface area contributed by atoms with E-state index in [1.807, 2.05) is 6.08 Å². The van der Waals surface area contributed by atoms with Gasteiger partial charge in [0.2, 0.25) is 0 Å². The number of aromatic amines is 1. The first-order valence-corrected chi connectivity index (χ1v) is 9.77. The van der Waals surface area contributed by atoms with Crippen molar-refractivity contribution >= 4 is 17.7 Å². The maximum absolute atomic E-state index is 12.5. The fourth-order valence-corrected chi connectivity index (χ4v) is 3.62. The monoisotopic (exact) mass is 380 g/mol. The maximum Gasteiger partial charge on any atom is 0.273 e. The molecule has 1 amide bonds. The van der Waals surface area contributed by atoms with E-state index in [1.165, 1.54) is 11.1 Å². The van der Waals surface area contributed by atoms with Gasteiger partial charge in [0.15, 0.2) is 0 Å². The van der Waals surface area contributed by atoms with Crippen molar-refractivity contribution in [3.05, 3.63) is 52.1 Å². The first-order chi connectivity index (χ1) is 13.5. The van der Waals surface area contributed by atoms with Gasteiger partial charge >= 0.3 is 0 Å². The molecule has 7 heteroatoms. The molecule has 1 aliphatic heterocycles. The zero-order chi connectivity index (χ0) is 20.3. The molecular formula is C21H28N6O. The molecule has 0 saturated carbocycles. The van der Waals surface area contributed by atoms with Crippen LogP contribution in [-0.4, -0.2) is 44.8 Å². The summed E-state index contributed by atoms with van der Waals surface area (Å²) in [7, 11) is 0. The molecule has 0 aromatic carbocycles. The average molecular weight is 380 g/mol. The molecule has 0 fully saturated rings. The summed E-state index contributed by atoms with van der Waals surface area (Å²) >= 11 is 0. The molecule has 2 aromatic heterocycles. The number of hydrazone groups is 1. The Hall–Kier alpha value is -2.80. The van der Waals surface area contributed by atoms with Crippen LogP contribution in [0.25, 0.3) is 6.08 Å². The molecule has 148 valence electrons. The lowest BCUT2D eigenvalue weighted by molar-refractivity contribution is -0.116. The number of H-pyrrole nitrogens is 1. The molecule has 2 aromatic rings. The number of nitrogens with one attached hydrogen (secondary N) is 2. The Bertz CT molecular complexity index is 906. The van der Waals surface area contributed by atoms with E-state index >= 15 is 0 Å². The van der Waals surface area contributed by atoms with Crippen LogP contribution in [0.1, 0.15) is 61.7 Å². The molecule has 0 unspecified atom stereocenters. The Morgan fingerprint density at radius 3 is 2.57 bits per heavy atom. The highest BCUT2D eigenvalue weighted by Gasteiger charge is 2.26. The van der Waals surface area contributed by atoms with Crippen LogP contribution in [0.4, 0.5) is 0 Å². The molecule has 7 nitrogen and oxygen atoms in total. The van der Waals surface area contributed by atoms with Crippen LogP contribution in [-0.2, 0) is 11.3 Å². The van der Waals surface area contributed by atoms with Crippen molar-refractivity contribution in [1.29, 1.82) is 0 Å². The van der Waals surface area contributed by atoms with Gasteiger partial charge < -0.3 is 4.98 Å². The summed E-state index contributed by atoms with van der Waals surface area (Å²) in [5, 5.41) is 11.9. The molecule has 3 heterocycles. The number of amides is 1. The molecule has 0 spiro atoms. The second-order valence-corrected chi connectivity index (χ2v) is 7.26. The number of aromatic nitrogens is 3. The number of nitrogens with zero attached hydrogens (tertiary/aromatic N) is 4. The van der Waals surface area contributed by atoms with Gasteiger partial charge in [-0.1, -0.05) is 27.7 Å². The first kappa shape index (κ1) is 19.9. The van der Waals surface area contributed by atoms with Crippen molar-refractivity contribution in [2.24, 2.45) is 5.10 Å². The summed E-state index contributed by atoms with van der Waals surface area (Å²) in [5.74, 6) is 0.119.